The van der Waals surface area contributed by atoms with Crippen LogP contribution in [0.3, 0.4) is 0 Å². The van der Waals surface area contributed by atoms with Crippen LogP contribution in [0.15, 0.2) is 42.6 Å². The SMILES string of the molecule is COc1cc(OC)c(NC(=O)c2cnn(-c3ccccc3C)c2C2CC2)cc1Cl. The molecule has 0 atom stereocenters. The molecule has 6 nitrogen and oxygen atoms in total. The molecule has 29 heavy (non-hydrogen) atoms. The topological polar surface area (TPSA) is 65.4 Å². The molecule has 0 unspecified atom stereocenters. The number of nitrogens with zero attached hydrogens (tertiary/aromatic N) is 2. The Bertz CT molecular complexity index is 1070. The van der Waals surface area contributed by atoms with Gasteiger partial charge in [-0.15, -0.1) is 0 Å². The van der Waals surface area contributed by atoms with Gasteiger partial charge in [0.15, 0.2) is 0 Å². The van der Waals surface area contributed by atoms with E-state index in [2.05, 4.69) is 10.4 Å². The van der Waals surface area contributed by atoms with Gasteiger partial charge in [0.1, 0.15) is 11.5 Å². The number of ether oxygens (including phenoxy) is 2. The Kier molecular flexibility index (Phi) is 5.20. The zero-order valence-corrected chi connectivity index (χ0v) is 17.3. The average molecular weight is 412 g/mol. The van der Waals surface area contributed by atoms with Crippen molar-refractivity contribution in [1.29, 1.82) is 0 Å². The third kappa shape index (κ3) is 3.68. The molecule has 1 aromatic heterocycles. The summed E-state index contributed by atoms with van der Waals surface area (Å²) >= 11 is 6.23. The molecule has 1 N–H and O–H groups in total. The van der Waals surface area contributed by atoms with Crippen molar-refractivity contribution < 1.29 is 14.3 Å². The number of carbonyl (C=O) groups excluding carboxylic acids is 1. The van der Waals surface area contributed by atoms with Crippen molar-refractivity contribution in [1.82, 2.24) is 9.78 Å². The lowest BCUT2D eigenvalue weighted by Gasteiger charge is -2.14. The third-order valence-corrected chi connectivity index (χ3v) is 5.38. The Labute approximate surface area is 174 Å². The van der Waals surface area contributed by atoms with Gasteiger partial charge in [0.2, 0.25) is 0 Å². The van der Waals surface area contributed by atoms with E-state index in [4.69, 9.17) is 21.1 Å². The molecule has 0 bridgehead atoms. The van der Waals surface area contributed by atoms with Crippen LogP contribution in [0.25, 0.3) is 5.69 Å². The number of aryl methyl sites for hydroxylation is 1. The van der Waals surface area contributed by atoms with E-state index < -0.39 is 0 Å². The number of methoxy groups -OCH3 is 2. The van der Waals surface area contributed by atoms with Crippen LogP contribution >= 0.6 is 11.6 Å². The smallest absolute Gasteiger partial charge is 0.259 e. The van der Waals surface area contributed by atoms with Crippen LogP contribution in [-0.4, -0.2) is 29.9 Å². The van der Waals surface area contributed by atoms with Crippen LogP contribution in [0.2, 0.25) is 5.02 Å². The second-order valence-electron chi connectivity index (χ2n) is 7.06. The predicted octanol–water partition coefficient (Wildman–Crippen LogP) is 4.98. The lowest BCUT2D eigenvalue weighted by atomic mass is 10.1. The quantitative estimate of drug-likeness (QED) is 0.621. The van der Waals surface area contributed by atoms with E-state index in [0.717, 1.165) is 29.8 Å². The van der Waals surface area contributed by atoms with Crippen LogP contribution in [0, 0.1) is 6.92 Å². The normalized spacial score (nSPS) is 13.2. The standard InChI is InChI=1S/C22H22ClN3O3/c1-13-6-4-5-7-18(13)26-21(14-8-9-14)15(12-24-26)22(27)25-17-10-16(23)19(28-2)11-20(17)29-3/h4-7,10-12,14H,8-9H2,1-3H3,(H,25,27). The van der Waals surface area contributed by atoms with E-state index in [1.54, 1.807) is 18.3 Å². The number of amides is 1. The summed E-state index contributed by atoms with van der Waals surface area (Å²) in [5.74, 6) is 1.04. The van der Waals surface area contributed by atoms with Crippen LogP contribution in [-0.2, 0) is 0 Å². The molecule has 0 radical (unpaired) electrons. The van der Waals surface area contributed by atoms with Crippen molar-refractivity contribution in [3.8, 4) is 17.2 Å². The second kappa shape index (κ2) is 7.79. The molecular weight excluding hydrogens is 390 g/mol. The van der Waals surface area contributed by atoms with Gasteiger partial charge in [-0.05, 0) is 37.5 Å². The van der Waals surface area contributed by atoms with Gasteiger partial charge >= 0.3 is 0 Å². The largest absolute Gasteiger partial charge is 0.495 e. The lowest BCUT2D eigenvalue weighted by molar-refractivity contribution is 0.102. The fourth-order valence-electron chi connectivity index (χ4n) is 3.42. The molecule has 2 aromatic carbocycles. The Hall–Kier alpha value is -2.99. The Morgan fingerprint density at radius 1 is 1.17 bits per heavy atom. The molecule has 1 amide bonds. The highest BCUT2D eigenvalue weighted by atomic mass is 35.5. The molecule has 1 saturated carbocycles. The Balaban J connectivity index is 1.70. The number of para-hydroxylation sites is 1. The van der Waals surface area contributed by atoms with Crippen molar-refractivity contribution in [3.63, 3.8) is 0 Å². The summed E-state index contributed by atoms with van der Waals surface area (Å²) in [4.78, 5) is 13.1. The van der Waals surface area contributed by atoms with Crippen LogP contribution in [0.4, 0.5) is 5.69 Å². The van der Waals surface area contributed by atoms with Gasteiger partial charge in [-0.1, -0.05) is 29.8 Å². The summed E-state index contributed by atoms with van der Waals surface area (Å²) in [5.41, 5.74) is 4.07. The maximum absolute atomic E-state index is 13.1. The Morgan fingerprint density at radius 2 is 1.90 bits per heavy atom. The molecule has 0 aliphatic heterocycles. The number of rotatable bonds is 6. The first-order valence-corrected chi connectivity index (χ1v) is 9.78. The van der Waals surface area contributed by atoms with E-state index in [1.807, 2.05) is 35.9 Å². The molecule has 0 spiro atoms. The number of hydrogen-bond acceptors (Lipinski definition) is 4. The van der Waals surface area contributed by atoms with Crippen LogP contribution in [0.5, 0.6) is 11.5 Å². The van der Waals surface area contributed by atoms with E-state index in [-0.39, 0.29) is 5.91 Å². The summed E-state index contributed by atoms with van der Waals surface area (Å²) in [6.45, 7) is 2.04. The minimum atomic E-state index is -0.244. The summed E-state index contributed by atoms with van der Waals surface area (Å²) < 4.78 is 12.5. The van der Waals surface area contributed by atoms with Crippen molar-refractivity contribution in [2.75, 3.05) is 19.5 Å². The first-order chi connectivity index (χ1) is 14.0. The minimum absolute atomic E-state index is 0.244. The highest BCUT2D eigenvalue weighted by molar-refractivity contribution is 6.32. The number of aromatic nitrogens is 2. The van der Waals surface area contributed by atoms with Gasteiger partial charge in [-0.3, -0.25) is 4.79 Å². The van der Waals surface area contributed by atoms with E-state index >= 15 is 0 Å². The van der Waals surface area contributed by atoms with Gasteiger partial charge in [0.25, 0.3) is 5.91 Å². The monoisotopic (exact) mass is 411 g/mol. The Morgan fingerprint density at radius 3 is 2.55 bits per heavy atom. The van der Waals surface area contributed by atoms with E-state index in [0.29, 0.717) is 33.7 Å². The molecule has 7 heteroatoms. The van der Waals surface area contributed by atoms with Gasteiger partial charge in [-0.25, -0.2) is 4.68 Å². The summed E-state index contributed by atoms with van der Waals surface area (Å²) in [7, 11) is 3.06. The van der Waals surface area contributed by atoms with Crippen LogP contribution in [0.1, 0.15) is 40.4 Å². The number of halogens is 1. The number of carbonyl (C=O) groups is 1. The molecule has 1 aliphatic rings. The minimum Gasteiger partial charge on any atom is -0.495 e. The highest BCUT2D eigenvalue weighted by Crippen LogP contribution is 2.43. The second-order valence-corrected chi connectivity index (χ2v) is 7.46. The molecular formula is C22H22ClN3O3. The first-order valence-electron chi connectivity index (χ1n) is 9.40. The maximum Gasteiger partial charge on any atom is 0.259 e. The van der Waals surface area contributed by atoms with Gasteiger partial charge in [0.05, 0.1) is 48.1 Å². The number of benzene rings is 2. The third-order valence-electron chi connectivity index (χ3n) is 5.08. The number of hydrogen-bond donors (Lipinski definition) is 1. The van der Waals surface area contributed by atoms with Crippen molar-refractivity contribution in [2.24, 2.45) is 0 Å². The van der Waals surface area contributed by atoms with Crippen LogP contribution < -0.4 is 14.8 Å². The van der Waals surface area contributed by atoms with Gasteiger partial charge in [0, 0.05) is 12.0 Å². The summed E-state index contributed by atoms with van der Waals surface area (Å²) in [5, 5.41) is 7.84. The average Bonchev–Trinajstić information content (AvgIpc) is 3.46. The van der Waals surface area contributed by atoms with Crippen molar-refractivity contribution >= 4 is 23.2 Å². The molecule has 0 saturated heterocycles. The summed E-state index contributed by atoms with van der Waals surface area (Å²) in [6.07, 6.45) is 3.73. The molecule has 1 heterocycles. The molecule has 1 fully saturated rings. The van der Waals surface area contributed by atoms with E-state index in [1.165, 1.54) is 14.2 Å². The first kappa shape index (κ1) is 19.3. The molecule has 4 rings (SSSR count). The summed E-state index contributed by atoms with van der Waals surface area (Å²) in [6, 6.07) is 11.3. The van der Waals surface area contributed by atoms with E-state index in [9.17, 15) is 4.79 Å². The van der Waals surface area contributed by atoms with Gasteiger partial charge < -0.3 is 14.8 Å². The molecule has 1 aliphatic carbocycles. The van der Waals surface area contributed by atoms with Gasteiger partial charge in [-0.2, -0.15) is 5.10 Å². The lowest BCUT2D eigenvalue weighted by Crippen LogP contribution is -2.15. The highest BCUT2D eigenvalue weighted by Gasteiger charge is 2.33. The predicted molar refractivity (Wildman–Crippen MR) is 113 cm³/mol. The van der Waals surface area contributed by atoms with Crippen molar-refractivity contribution in [2.45, 2.75) is 25.7 Å². The number of nitrogens with one attached hydrogen (secondary N) is 1. The van der Waals surface area contributed by atoms with Crippen molar-refractivity contribution in [3.05, 3.63) is 64.4 Å². The zero-order valence-electron chi connectivity index (χ0n) is 16.5. The molecule has 150 valence electrons. The maximum atomic E-state index is 13.1. The fourth-order valence-corrected chi connectivity index (χ4v) is 3.66. The molecule has 3 aromatic rings. The fraction of sp³-hybridized carbons (Fsp3) is 0.273. The number of anilines is 1. The zero-order chi connectivity index (χ0) is 20.5.